The molecule has 1 fully saturated rings. The van der Waals surface area contributed by atoms with Crippen LogP contribution < -0.4 is 25.0 Å². The second-order valence-electron chi connectivity index (χ2n) is 7.32. The van der Waals surface area contributed by atoms with E-state index < -0.39 is 5.97 Å². The van der Waals surface area contributed by atoms with Crippen LogP contribution in [0.5, 0.6) is 17.2 Å². The summed E-state index contributed by atoms with van der Waals surface area (Å²) >= 11 is 8.77. The Morgan fingerprint density at radius 3 is 2.50 bits per heavy atom. The third-order valence-electron chi connectivity index (χ3n) is 5.10. The van der Waals surface area contributed by atoms with Gasteiger partial charge in [0, 0.05) is 16.1 Å². The van der Waals surface area contributed by atoms with Crippen LogP contribution in [0.4, 0.5) is 0 Å². The number of halogens is 1. The second-order valence-corrected chi connectivity index (χ2v) is 8.64. The molecular formula is C23H26BrN3O4S. The fourth-order valence-corrected chi connectivity index (χ4v) is 4.06. The van der Waals surface area contributed by atoms with E-state index in [1.165, 1.54) is 33.5 Å². The first-order valence-electron chi connectivity index (χ1n) is 10.3. The number of hydrogen-bond acceptors (Lipinski definition) is 6. The van der Waals surface area contributed by atoms with Crippen molar-refractivity contribution in [3.8, 4) is 17.2 Å². The Balaban J connectivity index is 1.67. The van der Waals surface area contributed by atoms with Crippen molar-refractivity contribution in [2.45, 2.75) is 38.1 Å². The Labute approximate surface area is 201 Å². The first-order valence-corrected chi connectivity index (χ1v) is 11.5. The number of carbonyl (C=O) groups excluding carboxylic acids is 1. The normalized spacial score (nSPS) is 14.1. The van der Waals surface area contributed by atoms with Gasteiger partial charge >= 0.3 is 5.97 Å². The summed E-state index contributed by atoms with van der Waals surface area (Å²) in [6, 6.07) is 10.5. The summed E-state index contributed by atoms with van der Waals surface area (Å²) in [5.74, 6) is 0.821. The molecule has 2 N–H and O–H groups in total. The molecule has 0 radical (unpaired) electrons. The molecule has 0 saturated heterocycles. The number of rotatable bonds is 7. The summed E-state index contributed by atoms with van der Waals surface area (Å²) in [7, 11) is 3.05. The van der Waals surface area contributed by atoms with Crippen LogP contribution in [0.2, 0.25) is 0 Å². The number of nitrogens with one attached hydrogen (secondary N) is 2. The minimum Gasteiger partial charge on any atom is -0.493 e. The first kappa shape index (κ1) is 24.0. The Bertz CT molecular complexity index is 993. The van der Waals surface area contributed by atoms with Crippen molar-refractivity contribution in [1.29, 1.82) is 0 Å². The van der Waals surface area contributed by atoms with Gasteiger partial charge < -0.3 is 19.5 Å². The first-order chi connectivity index (χ1) is 15.5. The summed E-state index contributed by atoms with van der Waals surface area (Å²) in [6.07, 6.45) is 7.52. The summed E-state index contributed by atoms with van der Waals surface area (Å²) < 4.78 is 16.9. The van der Waals surface area contributed by atoms with Crippen LogP contribution in [0, 0.1) is 0 Å². The van der Waals surface area contributed by atoms with E-state index in [-0.39, 0.29) is 0 Å². The van der Waals surface area contributed by atoms with Gasteiger partial charge in [-0.3, -0.25) is 5.43 Å². The van der Waals surface area contributed by atoms with Gasteiger partial charge in [-0.1, -0.05) is 35.2 Å². The topological polar surface area (TPSA) is 81.2 Å². The fraction of sp³-hybridized carbons (Fsp3) is 0.348. The number of ether oxygens (including phenoxy) is 3. The number of nitrogens with zero attached hydrogens (tertiary/aromatic N) is 1. The molecule has 1 aliphatic rings. The van der Waals surface area contributed by atoms with Crippen LogP contribution >= 0.6 is 28.1 Å². The van der Waals surface area contributed by atoms with Gasteiger partial charge in [0.2, 0.25) is 0 Å². The molecule has 0 heterocycles. The molecule has 32 heavy (non-hydrogen) atoms. The lowest BCUT2D eigenvalue weighted by atomic mass is 9.96. The standard InChI is InChI=1S/C23H26BrN3O4S/c1-29-20-10-8-15(13-21(20)30-2)22(28)31-19-11-9-17(24)12-16(19)14-25-27-23(32)26-18-6-4-3-5-7-18/h8-14,18H,3-7H2,1-2H3,(H2,26,27,32)/b25-14+. The molecule has 170 valence electrons. The number of esters is 1. The van der Waals surface area contributed by atoms with E-state index in [0.29, 0.717) is 39.5 Å². The van der Waals surface area contributed by atoms with Crippen molar-refractivity contribution >= 4 is 45.4 Å². The highest BCUT2D eigenvalue weighted by atomic mass is 79.9. The fourth-order valence-electron chi connectivity index (χ4n) is 3.46. The minimum absolute atomic E-state index is 0.337. The van der Waals surface area contributed by atoms with E-state index in [9.17, 15) is 4.79 Å². The Morgan fingerprint density at radius 1 is 1.06 bits per heavy atom. The van der Waals surface area contributed by atoms with Gasteiger partial charge in [0.25, 0.3) is 0 Å². The summed E-state index contributed by atoms with van der Waals surface area (Å²) in [5, 5.41) is 7.99. The van der Waals surface area contributed by atoms with E-state index in [1.807, 2.05) is 0 Å². The zero-order valence-corrected chi connectivity index (χ0v) is 20.4. The van der Waals surface area contributed by atoms with Crippen LogP contribution in [0.3, 0.4) is 0 Å². The van der Waals surface area contributed by atoms with Crippen molar-refractivity contribution in [2.24, 2.45) is 5.10 Å². The number of hydrazone groups is 1. The molecular weight excluding hydrogens is 494 g/mol. The van der Waals surface area contributed by atoms with Gasteiger partial charge in [-0.15, -0.1) is 0 Å². The van der Waals surface area contributed by atoms with E-state index in [1.54, 1.807) is 42.6 Å². The summed E-state index contributed by atoms with van der Waals surface area (Å²) in [5.41, 5.74) is 3.79. The Hall–Kier alpha value is -2.65. The summed E-state index contributed by atoms with van der Waals surface area (Å²) in [4.78, 5) is 12.7. The van der Waals surface area contributed by atoms with Crippen LogP contribution in [0.1, 0.15) is 48.0 Å². The lowest BCUT2D eigenvalue weighted by Crippen LogP contribution is -2.40. The molecule has 1 aliphatic carbocycles. The van der Waals surface area contributed by atoms with E-state index in [0.717, 1.165) is 17.3 Å². The molecule has 2 aromatic rings. The maximum Gasteiger partial charge on any atom is 0.343 e. The molecule has 9 heteroatoms. The smallest absolute Gasteiger partial charge is 0.343 e. The van der Waals surface area contributed by atoms with E-state index in [4.69, 9.17) is 26.4 Å². The van der Waals surface area contributed by atoms with Gasteiger partial charge in [0.1, 0.15) is 5.75 Å². The van der Waals surface area contributed by atoms with E-state index in [2.05, 4.69) is 31.8 Å². The molecule has 3 rings (SSSR count). The van der Waals surface area contributed by atoms with Crippen molar-refractivity contribution in [1.82, 2.24) is 10.7 Å². The van der Waals surface area contributed by atoms with Gasteiger partial charge in [0.05, 0.1) is 26.0 Å². The number of hydrogen-bond donors (Lipinski definition) is 2. The second kappa shape index (κ2) is 11.8. The van der Waals surface area contributed by atoms with Gasteiger partial charge in [0.15, 0.2) is 16.6 Å². The monoisotopic (exact) mass is 519 g/mol. The van der Waals surface area contributed by atoms with Crippen molar-refractivity contribution in [2.75, 3.05) is 14.2 Å². The highest BCUT2D eigenvalue weighted by molar-refractivity contribution is 9.10. The van der Waals surface area contributed by atoms with Crippen LogP contribution in [0.15, 0.2) is 46.0 Å². The molecule has 0 bridgehead atoms. The largest absolute Gasteiger partial charge is 0.493 e. The number of methoxy groups -OCH3 is 2. The van der Waals surface area contributed by atoms with Crippen molar-refractivity contribution in [3.63, 3.8) is 0 Å². The summed E-state index contributed by atoms with van der Waals surface area (Å²) in [6.45, 7) is 0. The lowest BCUT2D eigenvalue weighted by Gasteiger charge is -2.23. The quantitative estimate of drug-likeness (QED) is 0.178. The van der Waals surface area contributed by atoms with Crippen molar-refractivity contribution in [3.05, 3.63) is 52.0 Å². The third-order valence-corrected chi connectivity index (χ3v) is 5.81. The van der Waals surface area contributed by atoms with Crippen LogP contribution in [0.25, 0.3) is 0 Å². The zero-order valence-electron chi connectivity index (χ0n) is 18.0. The zero-order chi connectivity index (χ0) is 22.9. The minimum atomic E-state index is -0.523. The highest BCUT2D eigenvalue weighted by Gasteiger charge is 2.15. The maximum atomic E-state index is 12.7. The predicted octanol–water partition coefficient (Wildman–Crippen LogP) is 4.82. The van der Waals surface area contributed by atoms with Crippen molar-refractivity contribution < 1.29 is 19.0 Å². The van der Waals surface area contributed by atoms with Crippen LogP contribution in [-0.2, 0) is 0 Å². The molecule has 0 aliphatic heterocycles. The number of thiocarbonyl (C=S) groups is 1. The van der Waals surface area contributed by atoms with Gasteiger partial charge in [-0.25, -0.2) is 4.79 Å². The molecule has 0 unspecified atom stereocenters. The Morgan fingerprint density at radius 2 is 1.78 bits per heavy atom. The molecule has 0 amide bonds. The Kier molecular flexibility index (Phi) is 8.87. The van der Waals surface area contributed by atoms with Gasteiger partial charge in [-0.2, -0.15) is 5.10 Å². The lowest BCUT2D eigenvalue weighted by molar-refractivity contribution is 0.0734. The number of benzene rings is 2. The predicted molar refractivity (Wildman–Crippen MR) is 132 cm³/mol. The maximum absolute atomic E-state index is 12.7. The molecule has 0 aromatic heterocycles. The highest BCUT2D eigenvalue weighted by Crippen LogP contribution is 2.29. The molecule has 7 nitrogen and oxygen atoms in total. The molecule has 1 saturated carbocycles. The molecule has 0 atom stereocenters. The van der Waals surface area contributed by atoms with Crippen LogP contribution in [-0.4, -0.2) is 37.6 Å². The SMILES string of the molecule is COc1ccc(C(=O)Oc2ccc(Br)cc2/C=N/NC(=S)NC2CCCCC2)cc1OC. The van der Waals surface area contributed by atoms with Gasteiger partial charge in [-0.05, 0) is 61.5 Å². The third kappa shape index (κ3) is 6.67. The average molecular weight is 520 g/mol. The molecule has 2 aromatic carbocycles. The number of carbonyl (C=O) groups is 1. The van der Waals surface area contributed by atoms with E-state index >= 15 is 0 Å². The molecule has 0 spiro atoms. The average Bonchev–Trinajstić information content (AvgIpc) is 2.80.